The first-order valence-electron chi connectivity index (χ1n) is 4.21. The largest absolute Gasteiger partial charge is 0.330 e. The molecule has 0 aliphatic heterocycles. The molecule has 16 heavy (non-hydrogen) atoms. The Morgan fingerprint density at radius 1 is 1.38 bits per heavy atom. The highest BCUT2D eigenvalue weighted by Crippen LogP contribution is 2.20. The van der Waals surface area contributed by atoms with Crippen molar-refractivity contribution in [3.63, 3.8) is 0 Å². The number of pyridine rings is 1. The van der Waals surface area contributed by atoms with Crippen molar-refractivity contribution >= 4 is 27.6 Å². The molecular weight excluding hydrogens is 252 g/mol. The van der Waals surface area contributed by atoms with Crippen LogP contribution in [0.1, 0.15) is 0 Å². The van der Waals surface area contributed by atoms with E-state index < -0.39 is 10.0 Å². The first-order valence-corrected chi connectivity index (χ1v) is 6.07. The summed E-state index contributed by atoms with van der Waals surface area (Å²) in [7, 11) is -3.75. The summed E-state index contributed by atoms with van der Waals surface area (Å²) in [4.78, 5) is 9.98. The predicted octanol–water partition coefficient (Wildman–Crippen LogP) is 1.26. The van der Waals surface area contributed by atoms with Crippen LogP contribution in [0.3, 0.4) is 0 Å². The first kappa shape index (κ1) is 10.9. The van der Waals surface area contributed by atoms with E-state index in [0.29, 0.717) is 0 Å². The number of halogens is 1. The summed E-state index contributed by atoms with van der Waals surface area (Å²) in [5, 5.41) is 0.106. The van der Waals surface area contributed by atoms with Gasteiger partial charge in [-0.05, 0) is 6.07 Å². The zero-order valence-corrected chi connectivity index (χ0v) is 9.46. The van der Waals surface area contributed by atoms with Gasteiger partial charge in [-0.2, -0.15) is 0 Å². The van der Waals surface area contributed by atoms with Gasteiger partial charge in [0.05, 0.1) is 5.02 Å². The molecule has 0 amide bonds. The number of sulfonamides is 1. The molecule has 2 heterocycles. The summed E-state index contributed by atoms with van der Waals surface area (Å²) in [6.45, 7) is 0. The van der Waals surface area contributed by atoms with E-state index in [1.165, 1.54) is 30.9 Å². The molecule has 2 aromatic heterocycles. The van der Waals surface area contributed by atoms with Gasteiger partial charge in [-0.3, -0.25) is 4.98 Å². The van der Waals surface area contributed by atoms with Crippen LogP contribution in [-0.2, 0) is 10.0 Å². The van der Waals surface area contributed by atoms with E-state index in [4.69, 9.17) is 11.6 Å². The van der Waals surface area contributed by atoms with E-state index >= 15 is 0 Å². The van der Waals surface area contributed by atoms with Gasteiger partial charge >= 0.3 is 0 Å². The quantitative estimate of drug-likeness (QED) is 0.868. The minimum atomic E-state index is -3.75. The predicted molar refractivity (Wildman–Crippen MR) is 58.6 cm³/mol. The SMILES string of the molecule is O=S(=O)(Nc1ncc[nH]1)c1cnccc1Cl. The van der Waals surface area contributed by atoms with Gasteiger partial charge in [-0.15, -0.1) is 0 Å². The molecule has 2 rings (SSSR count). The van der Waals surface area contributed by atoms with Crippen molar-refractivity contribution in [2.75, 3.05) is 4.72 Å². The fourth-order valence-electron chi connectivity index (χ4n) is 1.06. The average molecular weight is 259 g/mol. The van der Waals surface area contributed by atoms with E-state index in [2.05, 4.69) is 19.7 Å². The van der Waals surface area contributed by atoms with E-state index in [-0.39, 0.29) is 15.9 Å². The molecule has 0 unspecified atom stereocenters. The van der Waals surface area contributed by atoms with Crippen LogP contribution >= 0.6 is 11.6 Å². The lowest BCUT2D eigenvalue weighted by Crippen LogP contribution is -2.14. The fraction of sp³-hybridized carbons (Fsp3) is 0. The molecule has 0 saturated heterocycles. The minimum absolute atomic E-state index is 0.0898. The Labute approximate surface area is 96.8 Å². The summed E-state index contributed by atoms with van der Waals surface area (Å²) in [6.07, 6.45) is 5.52. The Kier molecular flexibility index (Phi) is 2.80. The van der Waals surface area contributed by atoms with Crippen molar-refractivity contribution in [1.82, 2.24) is 15.0 Å². The molecule has 8 heteroatoms. The first-order chi connectivity index (χ1) is 7.59. The van der Waals surface area contributed by atoms with Crippen molar-refractivity contribution in [2.45, 2.75) is 4.90 Å². The lowest BCUT2D eigenvalue weighted by molar-refractivity contribution is 0.600. The highest BCUT2D eigenvalue weighted by Gasteiger charge is 2.18. The van der Waals surface area contributed by atoms with Gasteiger partial charge in [0.1, 0.15) is 4.90 Å². The van der Waals surface area contributed by atoms with Crippen LogP contribution in [0.4, 0.5) is 5.95 Å². The topological polar surface area (TPSA) is 87.7 Å². The number of imidazole rings is 1. The number of hydrogen-bond donors (Lipinski definition) is 2. The average Bonchev–Trinajstić information content (AvgIpc) is 2.70. The number of rotatable bonds is 3. The van der Waals surface area contributed by atoms with E-state index in [1.807, 2.05) is 0 Å². The molecule has 0 fully saturated rings. The molecule has 84 valence electrons. The van der Waals surface area contributed by atoms with Gasteiger partial charge in [0.2, 0.25) is 5.95 Å². The van der Waals surface area contributed by atoms with E-state index in [1.54, 1.807) is 0 Å². The second kappa shape index (κ2) is 4.11. The van der Waals surface area contributed by atoms with Gasteiger partial charge in [-0.25, -0.2) is 18.1 Å². The number of nitrogens with zero attached hydrogens (tertiary/aromatic N) is 2. The zero-order chi connectivity index (χ0) is 11.6. The van der Waals surface area contributed by atoms with Crippen molar-refractivity contribution in [3.05, 3.63) is 35.9 Å². The van der Waals surface area contributed by atoms with Gasteiger partial charge in [0.25, 0.3) is 10.0 Å². The molecule has 0 aliphatic carbocycles. The number of aromatic nitrogens is 3. The fourth-order valence-corrected chi connectivity index (χ4v) is 2.47. The van der Waals surface area contributed by atoms with Crippen LogP contribution in [0.15, 0.2) is 35.7 Å². The lowest BCUT2D eigenvalue weighted by Gasteiger charge is -2.05. The summed E-state index contributed by atoms with van der Waals surface area (Å²) >= 11 is 5.76. The third-order valence-electron chi connectivity index (χ3n) is 1.75. The zero-order valence-electron chi connectivity index (χ0n) is 7.88. The molecule has 0 spiro atoms. The number of anilines is 1. The lowest BCUT2D eigenvalue weighted by atomic mass is 10.5. The standard InChI is InChI=1S/C8H7ClN4O2S/c9-6-1-2-10-5-7(6)16(14,15)13-8-11-3-4-12-8/h1-5H,(H2,11,12,13). The van der Waals surface area contributed by atoms with Crippen LogP contribution in [0, 0.1) is 0 Å². The normalized spacial score (nSPS) is 11.3. The molecule has 2 N–H and O–H groups in total. The molecule has 0 radical (unpaired) electrons. The third kappa shape index (κ3) is 2.15. The van der Waals surface area contributed by atoms with Crippen LogP contribution < -0.4 is 4.72 Å². The van der Waals surface area contributed by atoms with Gasteiger partial charge in [0, 0.05) is 24.8 Å². The monoisotopic (exact) mass is 258 g/mol. The van der Waals surface area contributed by atoms with Crippen LogP contribution in [0.25, 0.3) is 0 Å². The molecule has 0 bridgehead atoms. The third-order valence-corrected chi connectivity index (χ3v) is 3.56. The van der Waals surface area contributed by atoms with Gasteiger partial charge < -0.3 is 4.98 Å². The van der Waals surface area contributed by atoms with Crippen LogP contribution in [0.5, 0.6) is 0 Å². The van der Waals surface area contributed by atoms with Crippen molar-refractivity contribution < 1.29 is 8.42 Å². The molecule has 0 aliphatic rings. The second-order valence-corrected chi connectivity index (χ2v) is 4.91. The minimum Gasteiger partial charge on any atom is -0.330 e. The maximum Gasteiger partial charge on any atom is 0.267 e. The second-order valence-electron chi connectivity index (χ2n) is 2.85. The number of H-pyrrole nitrogens is 1. The number of aromatic amines is 1. The number of nitrogens with one attached hydrogen (secondary N) is 2. The summed E-state index contributed by atoms with van der Waals surface area (Å²) in [6, 6.07) is 1.40. The Hall–Kier alpha value is -1.60. The molecule has 0 saturated carbocycles. The highest BCUT2D eigenvalue weighted by atomic mass is 35.5. The summed E-state index contributed by atoms with van der Waals surface area (Å²) < 4.78 is 25.9. The summed E-state index contributed by atoms with van der Waals surface area (Å²) in [5.41, 5.74) is 0. The summed E-state index contributed by atoms with van der Waals surface area (Å²) in [5.74, 6) is 0.125. The molecular formula is C8H7ClN4O2S. The van der Waals surface area contributed by atoms with Crippen LogP contribution in [-0.4, -0.2) is 23.4 Å². The Bertz CT molecular complexity index is 582. The Balaban J connectivity index is 2.37. The molecule has 0 atom stereocenters. The molecule has 2 aromatic rings. The smallest absolute Gasteiger partial charge is 0.267 e. The molecule has 6 nitrogen and oxygen atoms in total. The van der Waals surface area contributed by atoms with Crippen molar-refractivity contribution in [2.24, 2.45) is 0 Å². The van der Waals surface area contributed by atoms with E-state index in [0.717, 1.165) is 0 Å². The Morgan fingerprint density at radius 3 is 2.81 bits per heavy atom. The van der Waals surface area contributed by atoms with Crippen LogP contribution in [0.2, 0.25) is 5.02 Å². The maximum absolute atomic E-state index is 11.8. The Morgan fingerprint density at radius 2 is 2.19 bits per heavy atom. The van der Waals surface area contributed by atoms with Gasteiger partial charge in [0.15, 0.2) is 0 Å². The maximum atomic E-state index is 11.8. The van der Waals surface area contributed by atoms with Gasteiger partial charge in [-0.1, -0.05) is 11.6 Å². The van der Waals surface area contributed by atoms with Crippen molar-refractivity contribution in [3.8, 4) is 0 Å². The number of hydrogen-bond acceptors (Lipinski definition) is 4. The van der Waals surface area contributed by atoms with E-state index in [9.17, 15) is 8.42 Å². The highest BCUT2D eigenvalue weighted by molar-refractivity contribution is 7.92. The van der Waals surface area contributed by atoms with Crippen molar-refractivity contribution in [1.29, 1.82) is 0 Å². The molecule has 0 aromatic carbocycles.